The van der Waals surface area contributed by atoms with Crippen LogP contribution in [0.25, 0.3) is 10.9 Å². The molecule has 2 aromatic carbocycles. The minimum Gasteiger partial charge on any atom is -0.494 e. The zero-order valence-electron chi connectivity index (χ0n) is 13.9. The molecule has 0 saturated heterocycles. The van der Waals surface area contributed by atoms with Crippen LogP contribution >= 0.6 is 11.6 Å². The standard InChI is InChI=1S/C20H20ClFN2O/c21-14-2-7-19-17(12-14)18-13-23-9-8-20(18)24(19)10-1-11-25-16-5-3-15(22)4-6-16/h2-7,12,23H,1,8-11,13H2. The molecule has 0 spiro atoms. The summed E-state index contributed by atoms with van der Waals surface area (Å²) in [6.07, 6.45) is 1.92. The van der Waals surface area contributed by atoms with Crippen molar-refractivity contribution >= 4 is 22.5 Å². The molecule has 1 aliphatic rings. The van der Waals surface area contributed by atoms with Gasteiger partial charge >= 0.3 is 0 Å². The monoisotopic (exact) mass is 358 g/mol. The molecule has 25 heavy (non-hydrogen) atoms. The van der Waals surface area contributed by atoms with E-state index in [1.807, 2.05) is 6.07 Å². The number of aromatic nitrogens is 1. The van der Waals surface area contributed by atoms with Gasteiger partial charge in [-0.25, -0.2) is 4.39 Å². The van der Waals surface area contributed by atoms with Crippen LogP contribution in [0, 0.1) is 5.82 Å². The summed E-state index contributed by atoms with van der Waals surface area (Å²) in [6, 6.07) is 12.3. The first-order chi connectivity index (χ1) is 12.2. The van der Waals surface area contributed by atoms with Gasteiger partial charge in [-0.3, -0.25) is 0 Å². The molecule has 4 rings (SSSR count). The van der Waals surface area contributed by atoms with E-state index in [2.05, 4.69) is 22.0 Å². The van der Waals surface area contributed by atoms with E-state index in [0.29, 0.717) is 12.4 Å². The molecule has 5 heteroatoms. The molecule has 3 aromatic rings. The highest BCUT2D eigenvalue weighted by atomic mass is 35.5. The Balaban J connectivity index is 1.50. The van der Waals surface area contributed by atoms with E-state index in [1.165, 1.54) is 34.3 Å². The number of hydrogen-bond donors (Lipinski definition) is 1. The van der Waals surface area contributed by atoms with Crippen molar-refractivity contribution in [1.29, 1.82) is 0 Å². The normalized spacial score (nSPS) is 13.8. The van der Waals surface area contributed by atoms with Gasteiger partial charge in [-0.1, -0.05) is 11.6 Å². The molecule has 0 saturated carbocycles. The maximum absolute atomic E-state index is 12.9. The van der Waals surface area contributed by atoms with Crippen molar-refractivity contribution in [3.05, 3.63) is 64.6 Å². The average molecular weight is 359 g/mol. The van der Waals surface area contributed by atoms with Gasteiger partial charge in [0.05, 0.1) is 6.61 Å². The second kappa shape index (κ2) is 7.06. The van der Waals surface area contributed by atoms with Gasteiger partial charge in [0.25, 0.3) is 0 Å². The molecule has 0 amide bonds. The second-order valence-electron chi connectivity index (χ2n) is 6.32. The summed E-state index contributed by atoms with van der Waals surface area (Å²) in [5.74, 6) is 0.460. The summed E-state index contributed by atoms with van der Waals surface area (Å²) in [5.41, 5.74) is 4.00. The Hall–Kier alpha value is -2.04. The first-order valence-electron chi connectivity index (χ1n) is 8.61. The molecule has 0 aliphatic carbocycles. The maximum Gasteiger partial charge on any atom is 0.123 e. The fourth-order valence-electron chi connectivity index (χ4n) is 3.55. The fourth-order valence-corrected chi connectivity index (χ4v) is 3.72. The molecule has 1 aromatic heterocycles. The van der Waals surface area contributed by atoms with Gasteiger partial charge in [0.1, 0.15) is 11.6 Å². The van der Waals surface area contributed by atoms with E-state index in [0.717, 1.165) is 37.5 Å². The zero-order valence-corrected chi connectivity index (χ0v) is 14.7. The Morgan fingerprint density at radius 1 is 1.16 bits per heavy atom. The molecule has 1 aliphatic heterocycles. The number of ether oxygens (including phenoxy) is 1. The van der Waals surface area contributed by atoms with Gasteiger partial charge in [0.2, 0.25) is 0 Å². The summed E-state index contributed by atoms with van der Waals surface area (Å²) in [6.45, 7) is 3.40. The third-order valence-electron chi connectivity index (χ3n) is 4.70. The van der Waals surface area contributed by atoms with E-state index >= 15 is 0 Å². The van der Waals surface area contributed by atoms with E-state index in [4.69, 9.17) is 16.3 Å². The van der Waals surface area contributed by atoms with Gasteiger partial charge in [0.15, 0.2) is 0 Å². The lowest BCUT2D eigenvalue weighted by atomic mass is 10.1. The second-order valence-corrected chi connectivity index (χ2v) is 6.76. The molecule has 0 bridgehead atoms. The number of fused-ring (bicyclic) bond motifs is 3. The smallest absolute Gasteiger partial charge is 0.123 e. The third kappa shape index (κ3) is 3.37. The van der Waals surface area contributed by atoms with Gasteiger partial charge < -0.3 is 14.6 Å². The number of benzene rings is 2. The van der Waals surface area contributed by atoms with Crippen molar-refractivity contribution in [2.75, 3.05) is 13.2 Å². The van der Waals surface area contributed by atoms with Crippen LogP contribution < -0.4 is 10.1 Å². The van der Waals surface area contributed by atoms with E-state index in [9.17, 15) is 4.39 Å². The Bertz CT molecular complexity index is 889. The van der Waals surface area contributed by atoms with Gasteiger partial charge in [-0.2, -0.15) is 0 Å². The first kappa shape index (κ1) is 16.4. The molecular formula is C20H20ClFN2O. The molecular weight excluding hydrogens is 339 g/mol. The van der Waals surface area contributed by atoms with Crippen LogP contribution in [-0.4, -0.2) is 17.7 Å². The van der Waals surface area contributed by atoms with Crippen LogP contribution in [0.3, 0.4) is 0 Å². The van der Waals surface area contributed by atoms with Crippen LogP contribution in [-0.2, 0) is 19.5 Å². The quantitative estimate of drug-likeness (QED) is 0.677. The minimum absolute atomic E-state index is 0.245. The SMILES string of the molecule is Fc1ccc(OCCCn2c3c(c4cc(Cl)ccc42)CNCC3)cc1. The summed E-state index contributed by atoms with van der Waals surface area (Å²) >= 11 is 6.20. The minimum atomic E-state index is -0.245. The van der Waals surface area contributed by atoms with Gasteiger partial charge in [-0.05, 0) is 54.4 Å². The number of rotatable bonds is 5. The van der Waals surface area contributed by atoms with Gasteiger partial charge in [-0.15, -0.1) is 0 Å². The molecule has 1 N–H and O–H groups in total. The topological polar surface area (TPSA) is 26.2 Å². The first-order valence-corrected chi connectivity index (χ1v) is 8.99. The van der Waals surface area contributed by atoms with E-state index < -0.39 is 0 Å². The largest absolute Gasteiger partial charge is 0.494 e. The number of aryl methyl sites for hydroxylation is 1. The number of hydrogen-bond acceptors (Lipinski definition) is 2. The third-order valence-corrected chi connectivity index (χ3v) is 4.93. The Morgan fingerprint density at radius 3 is 2.84 bits per heavy atom. The van der Waals surface area contributed by atoms with Crippen molar-refractivity contribution in [2.45, 2.75) is 25.9 Å². The lowest BCUT2D eigenvalue weighted by molar-refractivity contribution is 0.301. The molecule has 3 nitrogen and oxygen atoms in total. The molecule has 0 fully saturated rings. The lowest BCUT2D eigenvalue weighted by Gasteiger charge is -2.17. The Labute approximate surface area is 151 Å². The molecule has 0 unspecified atom stereocenters. The van der Waals surface area contributed by atoms with Crippen LogP contribution in [0.4, 0.5) is 4.39 Å². The molecule has 0 radical (unpaired) electrons. The van der Waals surface area contributed by atoms with Crippen molar-refractivity contribution < 1.29 is 9.13 Å². The Morgan fingerprint density at radius 2 is 2.00 bits per heavy atom. The average Bonchev–Trinajstić information content (AvgIpc) is 2.94. The Kier molecular flexibility index (Phi) is 4.64. The van der Waals surface area contributed by atoms with Crippen LogP contribution in [0.15, 0.2) is 42.5 Å². The van der Waals surface area contributed by atoms with E-state index in [-0.39, 0.29) is 5.82 Å². The highest BCUT2D eigenvalue weighted by Gasteiger charge is 2.19. The van der Waals surface area contributed by atoms with Crippen LogP contribution in [0.2, 0.25) is 5.02 Å². The van der Waals surface area contributed by atoms with Crippen LogP contribution in [0.1, 0.15) is 17.7 Å². The number of nitrogens with zero attached hydrogens (tertiary/aromatic N) is 1. The predicted molar refractivity (Wildman–Crippen MR) is 98.9 cm³/mol. The summed E-state index contributed by atoms with van der Waals surface area (Å²) < 4.78 is 21.0. The van der Waals surface area contributed by atoms with Crippen molar-refractivity contribution in [2.24, 2.45) is 0 Å². The van der Waals surface area contributed by atoms with Crippen molar-refractivity contribution in [3.8, 4) is 5.75 Å². The maximum atomic E-state index is 12.9. The number of nitrogens with one attached hydrogen (secondary N) is 1. The summed E-state index contributed by atoms with van der Waals surface area (Å²) in [7, 11) is 0. The molecule has 0 atom stereocenters. The van der Waals surface area contributed by atoms with Crippen molar-refractivity contribution in [3.63, 3.8) is 0 Å². The number of halogens is 2. The van der Waals surface area contributed by atoms with Gasteiger partial charge in [0, 0.05) is 47.7 Å². The lowest BCUT2D eigenvalue weighted by Crippen LogP contribution is -2.24. The predicted octanol–water partition coefficient (Wildman–Crippen LogP) is 4.55. The van der Waals surface area contributed by atoms with E-state index in [1.54, 1.807) is 12.1 Å². The van der Waals surface area contributed by atoms with Crippen molar-refractivity contribution in [1.82, 2.24) is 9.88 Å². The molecule has 2 heterocycles. The van der Waals surface area contributed by atoms with Crippen LogP contribution in [0.5, 0.6) is 5.75 Å². The summed E-state index contributed by atoms with van der Waals surface area (Å²) in [4.78, 5) is 0. The zero-order chi connectivity index (χ0) is 17.2. The highest BCUT2D eigenvalue weighted by Crippen LogP contribution is 2.31. The highest BCUT2D eigenvalue weighted by molar-refractivity contribution is 6.31. The summed E-state index contributed by atoms with van der Waals surface area (Å²) in [5, 5.41) is 5.47. The molecule has 130 valence electrons. The fraction of sp³-hybridized carbons (Fsp3) is 0.300.